The lowest BCUT2D eigenvalue weighted by Gasteiger charge is -2.16. The first kappa shape index (κ1) is 19.1. The Morgan fingerprint density at radius 3 is 2.79 bits per heavy atom. The largest absolute Gasteiger partial charge is 0.490 e. The summed E-state index contributed by atoms with van der Waals surface area (Å²) in [6.45, 7) is 0.687. The average molecular weight is 414 g/mol. The van der Waals surface area contributed by atoms with Gasteiger partial charge in [-0.3, -0.25) is 9.59 Å². The molecule has 29 heavy (non-hydrogen) atoms. The molecule has 0 spiro atoms. The summed E-state index contributed by atoms with van der Waals surface area (Å²) in [4.78, 5) is 36.7. The Bertz CT molecular complexity index is 977. The SMILES string of the molecule is O=C(COC(=O)c1ccc2c(c1)NC(=O)CS2)Nc1ccc2c(c1)OCCCO2. The standard InChI is InChI=1S/C20H18N2O6S/c23-18(21-13-3-4-15-16(9-13)27-7-1-6-26-15)10-28-20(25)12-2-5-17-14(8-12)22-19(24)11-29-17/h2-5,8-9H,1,6-7,10-11H2,(H,21,23)(H,22,24). The van der Waals surface area contributed by atoms with E-state index in [0.29, 0.717) is 41.8 Å². The number of hydrogen-bond donors (Lipinski definition) is 2. The third kappa shape index (κ3) is 4.62. The van der Waals surface area contributed by atoms with Crippen LogP contribution in [0.3, 0.4) is 0 Å². The van der Waals surface area contributed by atoms with Crippen LogP contribution in [0.1, 0.15) is 16.8 Å². The van der Waals surface area contributed by atoms with Gasteiger partial charge in [0.25, 0.3) is 5.91 Å². The van der Waals surface area contributed by atoms with E-state index in [0.717, 1.165) is 11.3 Å². The normalized spacial score (nSPS) is 14.8. The van der Waals surface area contributed by atoms with Gasteiger partial charge in [0.05, 0.1) is 30.2 Å². The van der Waals surface area contributed by atoms with Crippen molar-refractivity contribution >= 4 is 40.9 Å². The number of hydrogen-bond acceptors (Lipinski definition) is 7. The summed E-state index contributed by atoms with van der Waals surface area (Å²) in [5.41, 5.74) is 1.34. The Balaban J connectivity index is 1.34. The molecule has 0 unspecified atom stereocenters. The summed E-state index contributed by atoms with van der Waals surface area (Å²) in [5.74, 6) is 0.288. The average Bonchev–Trinajstić information content (AvgIpc) is 2.96. The van der Waals surface area contributed by atoms with E-state index in [1.807, 2.05) is 0 Å². The number of amides is 2. The van der Waals surface area contributed by atoms with Crippen LogP contribution in [0.2, 0.25) is 0 Å². The first-order valence-electron chi connectivity index (χ1n) is 9.02. The van der Waals surface area contributed by atoms with Crippen molar-refractivity contribution in [2.75, 3.05) is 36.2 Å². The highest BCUT2D eigenvalue weighted by Gasteiger charge is 2.19. The molecular weight excluding hydrogens is 396 g/mol. The summed E-state index contributed by atoms with van der Waals surface area (Å²) in [7, 11) is 0. The van der Waals surface area contributed by atoms with Gasteiger partial charge in [0.1, 0.15) is 0 Å². The molecule has 2 aliphatic heterocycles. The molecule has 2 aromatic rings. The molecular formula is C20H18N2O6S. The Hall–Kier alpha value is -3.20. The minimum Gasteiger partial charge on any atom is -0.490 e. The molecule has 0 radical (unpaired) electrons. The lowest BCUT2D eigenvalue weighted by molar-refractivity contribution is -0.119. The summed E-state index contributed by atoms with van der Waals surface area (Å²) in [6, 6.07) is 9.98. The predicted octanol–water partition coefficient (Wildman–Crippen LogP) is 2.69. The van der Waals surface area contributed by atoms with E-state index in [4.69, 9.17) is 14.2 Å². The summed E-state index contributed by atoms with van der Waals surface area (Å²) >= 11 is 1.40. The van der Waals surface area contributed by atoms with Gasteiger partial charge in [-0.25, -0.2) is 4.79 Å². The van der Waals surface area contributed by atoms with E-state index in [1.165, 1.54) is 11.8 Å². The molecule has 150 valence electrons. The number of nitrogens with one attached hydrogen (secondary N) is 2. The Morgan fingerprint density at radius 2 is 1.93 bits per heavy atom. The topological polar surface area (TPSA) is 103 Å². The molecule has 4 rings (SSSR count). The maximum absolute atomic E-state index is 12.2. The number of esters is 1. The van der Waals surface area contributed by atoms with Crippen molar-refractivity contribution in [2.45, 2.75) is 11.3 Å². The summed E-state index contributed by atoms with van der Waals surface area (Å²) in [5, 5.41) is 5.38. The second kappa shape index (κ2) is 8.44. The zero-order valence-corrected chi connectivity index (χ0v) is 16.2. The molecule has 9 heteroatoms. The fourth-order valence-corrected chi connectivity index (χ4v) is 3.65. The van der Waals surface area contributed by atoms with Crippen LogP contribution in [0.25, 0.3) is 0 Å². The van der Waals surface area contributed by atoms with Crippen molar-refractivity contribution in [1.82, 2.24) is 0 Å². The van der Waals surface area contributed by atoms with Gasteiger partial charge in [-0.15, -0.1) is 11.8 Å². The lowest BCUT2D eigenvalue weighted by atomic mass is 10.2. The van der Waals surface area contributed by atoms with Crippen LogP contribution in [0.5, 0.6) is 11.5 Å². The second-order valence-corrected chi connectivity index (χ2v) is 7.40. The lowest BCUT2D eigenvalue weighted by Crippen LogP contribution is -2.22. The molecule has 2 N–H and O–H groups in total. The predicted molar refractivity (Wildman–Crippen MR) is 107 cm³/mol. The van der Waals surface area contributed by atoms with Crippen LogP contribution in [0.4, 0.5) is 11.4 Å². The van der Waals surface area contributed by atoms with Crippen molar-refractivity contribution < 1.29 is 28.6 Å². The molecule has 2 amide bonds. The van der Waals surface area contributed by atoms with Gasteiger partial charge < -0.3 is 24.8 Å². The molecule has 0 saturated carbocycles. The van der Waals surface area contributed by atoms with Crippen LogP contribution in [-0.4, -0.2) is 43.4 Å². The zero-order chi connectivity index (χ0) is 20.2. The van der Waals surface area contributed by atoms with E-state index in [9.17, 15) is 14.4 Å². The highest BCUT2D eigenvalue weighted by molar-refractivity contribution is 8.00. The van der Waals surface area contributed by atoms with E-state index in [1.54, 1.807) is 36.4 Å². The minimum absolute atomic E-state index is 0.123. The van der Waals surface area contributed by atoms with Gasteiger partial charge in [-0.2, -0.15) is 0 Å². The minimum atomic E-state index is -0.647. The van der Waals surface area contributed by atoms with Crippen LogP contribution < -0.4 is 20.1 Å². The van der Waals surface area contributed by atoms with Crippen LogP contribution in [0, 0.1) is 0 Å². The number of fused-ring (bicyclic) bond motifs is 2. The number of rotatable bonds is 4. The molecule has 0 aliphatic carbocycles. The van der Waals surface area contributed by atoms with E-state index in [-0.39, 0.29) is 11.5 Å². The number of anilines is 2. The van der Waals surface area contributed by atoms with Crippen LogP contribution >= 0.6 is 11.8 Å². The Morgan fingerprint density at radius 1 is 1.10 bits per heavy atom. The number of benzene rings is 2. The second-order valence-electron chi connectivity index (χ2n) is 6.38. The zero-order valence-electron chi connectivity index (χ0n) is 15.4. The van der Waals surface area contributed by atoms with E-state index >= 15 is 0 Å². The number of ether oxygens (including phenoxy) is 3. The van der Waals surface area contributed by atoms with E-state index < -0.39 is 18.5 Å². The molecule has 2 aliphatic rings. The first-order valence-corrected chi connectivity index (χ1v) is 10.0. The summed E-state index contributed by atoms with van der Waals surface area (Å²) < 4.78 is 16.2. The highest BCUT2D eigenvalue weighted by atomic mass is 32.2. The molecule has 0 atom stereocenters. The molecule has 0 saturated heterocycles. The fraction of sp³-hybridized carbons (Fsp3) is 0.250. The maximum atomic E-state index is 12.2. The monoisotopic (exact) mass is 414 g/mol. The van der Waals surface area contributed by atoms with E-state index in [2.05, 4.69) is 10.6 Å². The van der Waals surface area contributed by atoms with Gasteiger partial charge in [0.2, 0.25) is 5.91 Å². The third-order valence-corrected chi connectivity index (χ3v) is 5.29. The van der Waals surface area contributed by atoms with Gasteiger partial charge in [-0.1, -0.05) is 0 Å². The van der Waals surface area contributed by atoms with Crippen molar-refractivity contribution in [3.05, 3.63) is 42.0 Å². The van der Waals surface area contributed by atoms with Crippen molar-refractivity contribution in [3.63, 3.8) is 0 Å². The van der Waals surface area contributed by atoms with Crippen molar-refractivity contribution in [1.29, 1.82) is 0 Å². The van der Waals surface area contributed by atoms with Crippen molar-refractivity contribution in [3.8, 4) is 11.5 Å². The molecule has 0 bridgehead atoms. The van der Waals surface area contributed by atoms with Crippen LogP contribution in [-0.2, 0) is 14.3 Å². The highest BCUT2D eigenvalue weighted by Crippen LogP contribution is 2.33. The Kier molecular flexibility index (Phi) is 5.57. The number of thioether (sulfide) groups is 1. The van der Waals surface area contributed by atoms with Crippen LogP contribution in [0.15, 0.2) is 41.3 Å². The van der Waals surface area contributed by atoms with Gasteiger partial charge in [-0.05, 0) is 30.3 Å². The summed E-state index contributed by atoms with van der Waals surface area (Å²) in [6.07, 6.45) is 0.789. The fourth-order valence-electron chi connectivity index (χ4n) is 2.86. The third-order valence-electron chi connectivity index (χ3n) is 4.21. The first-order chi connectivity index (χ1) is 14.1. The molecule has 2 heterocycles. The maximum Gasteiger partial charge on any atom is 0.338 e. The molecule has 8 nitrogen and oxygen atoms in total. The van der Waals surface area contributed by atoms with Crippen molar-refractivity contribution in [2.24, 2.45) is 0 Å². The molecule has 2 aromatic carbocycles. The molecule has 0 fully saturated rings. The number of carbonyl (C=O) groups is 3. The quantitative estimate of drug-likeness (QED) is 0.742. The van der Waals surface area contributed by atoms with Gasteiger partial charge in [0.15, 0.2) is 18.1 Å². The smallest absolute Gasteiger partial charge is 0.338 e. The van der Waals surface area contributed by atoms with Gasteiger partial charge >= 0.3 is 5.97 Å². The number of carbonyl (C=O) groups excluding carboxylic acids is 3. The molecule has 0 aromatic heterocycles. The Labute approximate surface area is 170 Å². The van der Waals surface area contributed by atoms with Gasteiger partial charge in [0, 0.05) is 23.1 Å².